The highest BCUT2D eigenvalue weighted by molar-refractivity contribution is 8.00. The Hall–Kier alpha value is -2.41. The molecule has 1 amide bonds. The molecule has 0 radical (unpaired) electrons. The first-order chi connectivity index (χ1) is 13.3. The predicted molar refractivity (Wildman–Crippen MR) is 106 cm³/mol. The lowest BCUT2D eigenvalue weighted by molar-refractivity contribution is -0.143. The number of halogens is 2. The molecule has 0 aliphatic carbocycles. The molecule has 1 N–H and O–H groups in total. The van der Waals surface area contributed by atoms with Crippen LogP contribution in [0.1, 0.15) is 37.6 Å². The summed E-state index contributed by atoms with van der Waals surface area (Å²) >= 11 is 0.960. The van der Waals surface area contributed by atoms with E-state index in [2.05, 4.69) is 5.32 Å². The van der Waals surface area contributed by atoms with Crippen molar-refractivity contribution in [1.29, 1.82) is 0 Å². The van der Waals surface area contributed by atoms with Crippen LogP contribution in [-0.4, -0.2) is 23.7 Å². The molecule has 2 rings (SSSR count). The highest BCUT2D eigenvalue weighted by Crippen LogP contribution is 2.34. The molecule has 0 spiro atoms. The number of thioether (sulfide) groups is 1. The van der Waals surface area contributed by atoms with E-state index in [1.165, 1.54) is 6.07 Å². The van der Waals surface area contributed by atoms with Gasteiger partial charge in [-0.15, -0.1) is 11.8 Å². The van der Waals surface area contributed by atoms with Gasteiger partial charge in [-0.3, -0.25) is 9.59 Å². The third-order valence-corrected chi connectivity index (χ3v) is 5.40. The molecular formula is C21H23F2NO3S. The highest BCUT2D eigenvalue weighted by atomic mass is 32.2. The Labute approximate surface area is 167 Å². The van der Waals surface area contributed by atoms with Gasteiger partial charge in [0.15, 0.2) is 0 Å². The van der Waals surface area contributed by atoms with Crippen LogP contribution >= 0.6 is 11.8 Å². The normalized spacial score (nSPS) is 11.9. The topological polar surface area (TPSA) is 55.4 Å². The fourth-order valence-corrected chi connectivity index (χ4v) is 3.44. The van der Waals surface area contributed by atoms with Gasteiger partial charge in [-0.05, 0) is 30.5 Å². The van der Waals surface area contributed by atoms with Crippen LogP contribution in [-0.2, 0) is 9.53 Å². The summed E-state index contributed by atoms with van der Waals surface area (Å²) in [6, 6.07) is 10.2. The van der Waals surface area contributed by atoms with E-state index in [-0.39, 0.29) is 23.1 Å². The first kappa shape index (κ1) is 21.9. The van der Waals surface area contributed by atoms with Crippen molar-refractivity contribution in [3.63, 3.8) is 0 Å². The first-order valence-electron chi connectivity index (χ1n) is 9.02. The van der Waals surface area contributed by atoms with Gasteiger partial charge in [0, 0.05) is 16.5 Å². The van der Waals surface area contributed by atoms with Gasteiger partial charge in [-0.25, -0.2) is 8.78 Å². The molecule has 0 saturated heterocycles. The second kappa shape index (κ2) is 10.2. The number of esters is 1. The van der Waals surface area contributed by atoms with Crippen molar-refractivity contribution < 1.29 is 23.1 Å². The predicted octanol–water partition coefficient (Wildman–Crippen LogP) is 5.29. The third kappa shape index (κ3) is 5.79. The number of rotatable bonds is 8. The van der Waals surface area contributed by atoms with Crippen LogP contribution in [0.2, 0.25) is 0 Å². The van der Waals surface area contributed by atoms with Crippen molar-refractivity contribution in [2.45, 2.75) is 37.3 Å². The Morgan fingerprint density at radius 1 is 1.11 bits per heavy atom. The average molecular weight is 407 g/mol. The number of nitrogens with one attached hydrogen (secondary N) is 1. The van der Waals surface area contributed by atoms with Crippen molar-refractivity contribution in [1.82, 2.24) is 0 Å². The monoisotopic (exact) mass is 407 g/mol. The third-order valence-electron chi connectivity index (χ3n) is 3.85. The van der Waals surface area contributed by atoms with Crippen molar-refractivity contribution in [2.75, 3.05) is 11.9 Å². The van der Waals surface area contributed by atoms with Gasteiger partial charge in [-0.2, -0.15) is 0 Å². The van der Waals surface area contributed by atoms with Crippen LogP contribution in [0.5, 0.6) is 0 Å². The lowest BCUT2D eigenvalue weighted by Crippen LogP contribution is -2.26. The van der Waals surface area contributed by atoms with Gasteiger partial charge in [0.2, 0.25) is 0 Å². The first-order valence-corrected chi connectivity index (χ1v) is 9.90. The molecule has 7 heteroatoms. The summed E-state index contributed by atoms with van der Waals surface area (Å²) in [6.07, 6.45) is 0.682. The van der Waals surface area contributed by atoms with Gasteiger partial charge in [0.25, 0.3) is 5.91 Å². The summed E-state index contributed by atoms with van der Waals surface area (Å²) < 4.78 is 33.7. The number of ether oxygens (including phenoxy) is 1. The second-order valence-corrected chi connectivity index (χ2v) is 7.72. The molecule has 28 heavy (non-hydrogen) atoms. The minimum absolute atomic E-state index is 0.0666. The Morgan fingerprint density at radius 3 is 2.39 bits per heavy atom. The van der Waals surface area contributed by atoms with E-state index in [4.69, 9.17) is 4.74 Å². The SMILES string of the molecule is CCCOC(=O)C(Sc1cc(NC(=O)c2ccccc2)c(F)cc1F)C(C)C. The van der Waals surface area contributed by atoms with Crippen LogP contribution in [0.15, 0.2) is 47.4 Å². The minimum Gasteiger partial charge on any atom is -0.465 e. The Bertz CT molecular complexity index is 828. The summed E-state index contributed by atoms with van der Waals surface area (Å²) in [5, 5.41) is 1.80. The zero-order valence-corrected chi connectivity index (χ0v) is 16.8. The van der Waals surface area contributed by atoms with Gasteiger partial charge in [0.05, 0.1) is 12.3 Å². The van der Waals surface area contributed by atoms with Crippen LogP contribution in [0, 0.1) is 17.6 Å². The van der Waals surface area contributed by atoms with E-state index in [0.29, 0.717) is 18.1 Å². The van der Waals surface area contributed by atoms with Gasteiger partial charge >= 0.3 is 5.97 Å². The fourth-order valence-electron chi connectivity index (χ4n) is 2.38. The van der Waals surface area contributed by atoms with Crippen molar-refractivity contribution >= 4 is 29.3 Å². The number of carbonyl (C=O) groups excluding carboxylic acids is 2. The molecule has 2 aromatic rings. The largest absolute Gasteiger partial charge is 0.465 e. The lowest BCUT2D eigenvalue weighted by atomic mass is 10.1. The van der Waals surface area contributed by atoms with E-state index < -0.39 is 28.8 Å². The van der Waals surface area contributed by atoms with Crippen molar-refractivity contribution in [2.24, 2.45) is 5.92 Å². The van der Waals surface area contributed by atoms with E-state index in [9.17, 15) is 18.4 Å². The van der Waals surface area contributed by atoms with Crippen LogP contribution < -0.4 is 5.32 Å². The minimum atomic E-state index is -0.888. The number of amides is 1. The molecule has 1 atom stereocenters. The van der Waals surface area contributed by atoms with Crippen LogP contribution in [0.25, 0.3) is 0 Å². The standard InChI is InChI=1S/C21H23F2NO3S/c1-4-10-27-21(26)19(13(2)3)28-18-12-17(15(22)11-16(18)23)24-20(25)14-8-6-5-7-9-14/h5-9,11-13,19H,4,10H2,1-3H3,(H,24,25). The molecule has 0 fully saturated rings. The lowest BCUT2D eigenvalue weighted by Gasteiger charge is -2.19. The van der Waals surface area contributed by atoms with Gasteiger partial charge in [-0.1, -0.05) is 39.0 Å². The number of hydrogen-bond donors (Lipinski definition) is 1. The second-order valence-electron chi connectivity index (χ2n) is 6.53. The maximum absolute atomic E-state index is 14.3. The van der Waals surface area contributed by atoms with Gasteiger partial charge in [0.1, 0.15) is 16.9 Å². The molecule has 0 aromatic heterocycles. The maximum Gasteiger partial charge on any atom is 0.319 e. The van der Waals surface area contributed by atoms with Gasteiger partial charge < -0.3 is 10.1 Å². The summed E-state index contributed by atoms with van der Waals surface area (Å²) in [4.78, 5) is 24.6. The maximum atomic E-state index is 14.3. The van der Waals surface area contributed by atoms with Crippen LogP contribution in [0.3, 0.4) is 0 Å². The quantitative estimate of drug-likeness (QED) is 0.477. The fraction of sp³-hybridized carbons (Fsp3) is 0.333. The van der Waals surface area contributed by atoms with Crippen LogP contribution in [0.4, 0.5) is 14.5 Å². The Morgan fingerprint density at radius 2 is 1.79 bits per heavy atom. The number of carbonyl (C=O) groups is 2. The Balaban J connectivity index is 2.24. The molecule has 4 nitrogen and oxygen atoms in total. The number of anilines is 1. The number of benzene rings is 2. The highest BCUT2D eigenvalue weighted by Gasteiger charge is 2.27. The number of hydrogen-bond acceptors (Lipinski definition) is 4. The molecule has 0 aliphatic rings. The summed E-state index contributed by atoms with van der Waals surface area (Å²) in [6.45, 7) is 5.81. The zero-order valence-electron chi connectivity index (χ0n) is 16.0. The molecule has 2 aromatic carbocycles. The van der Waals surface area contributed by atoms with E-state index in [1.54, 1.807) is 30.3 Å². The molecule has 0 aliphatic heterocycles. The van der Waals surface area contributed by atoms with E-state index >= 15 is 0 Å². The summed E-state index contributed by atoms with van der Waals surface area (Å²) in [5.74, 6) is -2.76. The zero-order chi connectivity index (χ0) is 20.7. The molecule has 0 heterocycles. The van der Waals surface area contributed by atoms with Crippen molar-refractivity contribution in [3.05, 3.63) is 59.7 Å². The Kier molecular flexibility index (Phi) is 7.99. The smallest absolute Gasteiger partial charge is 0.319 e. The summed E-state index contributed by atoms with van der Waals surface area (Å²) in [5.41, 5.74) is 0.200. The average Bonchev–Trinajstić information content (AvgIpc) is 2.67. The molecule has 0 saturated carbocycles. The molecule has 1 unspecified atom stereocenters. The molecular weight excluding hydrogens is 384 g/mol. The summed E-state index contributed by atoms with van der Waals surface area (Å²) in [7, 11) is 0. The van der Waals surface area contributed by atoms with E-state index in [1.807, 2.05) is 20.8 Å². The molecule has 150 valence electrons. The molecule has 0 bridgehead atoms. The van der Waals surface area contributed by atoms with E-state index in [0.717, 1.165) is 11.8 Å². The van der Waals surface area contributed by atoms with Crippen molar-refractivity contribution in [3.8, 4) is 0 Å².